The Morgan fingerprint density at radius 1 is 1.59 bits per heavy atom. The van der Waals surface area contributed by atoms with Gasteiger partial charge in [-0.2, -0.15) is 0 Å². The van der Waals surface area contributed by atoms with Crippen molar-refractivity contribution in [2.24, 2.45) is 5.14 Å². The van der Waals surface area contributed by atoms with Crippen molar-refractivity contribution in [3.63, 3.8) is 0 Å². The molecule has 0 radical (unpaired) electrons. The Balaban J connectivity index is 2.64. The van der Waals surface area contributed by atoms with E-state index in [1.165, 1.54) is 19.4 Å². The summed E-state index contributed by atoms with van der Waals surface area (Å²) in [4.78, 5) is 15.5. The minimum absolute atomic E-state index is 0.0598. The largest absolute Gasteiger partial charge is 0.480 e. The first-order chi connectivity index (χ1) is 7.94. The van der Waals surface area contributed by atoms with Crippen molar-refractivity contribution in [2.75, 3.05) is 19.4 Å². The highest BCUT2D eigenvalue weighted by atomic mass is 32.2. The minimum Gasteiger partial charge on any atom is -0.480 e. The molecule has 17 heavy (non-hydrogen) atoms. The van der Waals surface area contributed by atoms with Crippen molar-refractivity contribution in [2.45, 2.75) is 0 Å². The monoisotopic (exact) mass is 259 g/mol. The zero-order chi connectivity index (χ0) is 12.9. The summed E-state index contributed by atoms with van der Waals surface area (Å²) in [5.41, 5.74) is 0.240. The van der Waals surface area contributed by atoms with Gasteiger partial charge in [-0.1, -0.05) is 0 Å². The summed E-state index contributed by atoms with van der Waals surface area (Å²) >= 11 is 0. The van der Waals surface area contributed by atoms with E-state index < -0.39 is 15.9 Å². The van der Waals surface area contributed by atoms with E-state index in [2.05, 4.69) is 10.3 Å². The van der Waals surface area contributed by atoms with E-state index in [4.69, 9.17) is 9.88 Å². The number of primary sulfonamides is 1. The van der Waals surface area contributed by atoms with Gasteiger partial charge in [0.2, 0.25) is 15.9 Å². The Morgan fingerprint density at radius 2 is 2.29 bits per heavy atom. The number of amides is 1. The van der Waals surface area contributed by atoms with Gasteiger partial charge in [-0.15, -0.1) is 0 Å². The summed E-state index contributed by atoms with van der Waals surface area (Å²) in [6.07, 6.45) is 1.49. The van der Waals surface area contributed by atoms with Gasteiger partial charge in [-0.05, 0) is 12.1 Å². The average Bonchev–Trinajstić information content (AvgIpc) is 2.27. The summed E-state index contributed by atoms with van der Waals surface area (Å²) in [6, 6.07) is 3.11. The molecule has 1 aromatic heterocycles. The normalized spacial score (nSPS) is 10.9. The van der Waals surface area contributed by atoms with Crippen LogP contribution in [-0.4, -0.2) is 38.7 Å². The van der Waals surface area contributed by atoms with E-state index >= 15 is 0 Å². The number of pyridine rings is 1. The fraction of sp³-hybridized carbons (Fsp3) is 0.333. The molecule has 0 aliphatic carbocycles. The zero-order valence-corrected chi connectivity index (χ0v) is 10.0. The number of aromatic nitrogens is 1. The average molecular weight is 259 g/mol. The molecule has 1 rings (SSSR count). The molecule has 0 atom stereocenters. The number of sulfonamides is 1. The molecule has 0 saturated carbocycles. The first-order valence-corrected chi connectivity index (χ1v) is 6.43. The standard InChI is InChI=1S/C9H13N3O4S/c1-16-9-7(3-2-4-12-9)8(13)11-5-6-17(10,14)15/h2-4H,5-6H2,1H3,(H,11,13)(H2,10,14,15). The third-order valence-electron chi connectivity index (χ3n) is 1.88. The molecular formula is C9H13N3O4S. The molecule has 8 heteroatoms. The van der Waals surface area contributed by atoms with E-state index in [-0.39, 0.29) is 23.7 Å². The van der Waals surface area contributed by atoms with Gasteiger partial charge in [0, 0.05) is 12.7 Å². The second-order valence-electron chi connectivity index (χ2n) is 3.18. The van der Waals surface area contributed by atoms with Gasteiger partial charge in [0.25, 0.3) is 5.91 Å². The number of nitrogens with two attached hydrogens (primary N) is 1. The topological polar surface area (TPSA) is 111 Å². The van der Waals surface area contributed by atoms with Gasteiger partial charge in [0.1, 0.15) is 5.56 Å². The molecule has 1 aromatic rings. The lowest BCUT2D eigenvalue weighted by molar-refractivity contribution is 0.0952. The molecule has 94 valence electrons. The van der Waals surface area contributed by atoms with Gasteiger partial charge in [0.15, 0.2) is 0 Å². The van der Waals surface area contributed by atoms with Gasteiger partial charge >= 0.3 is 0 Å². The van der Waals surface area contributed by atoms with Crippen LogP contribution in [0.1, 0.15) is 10.4 Å². The second kappa shape index (κ2) is 5.60. The summed E-state index contributed by atoms with van der Waals surface area (Å²) in [5, 5.41) is 7.21. The Bertz CT molecular complexity index is 501. The SMILES string of the molecule is COc1ncccc1C(=O)NCCS(N)(=O)=O. The molecule has 0 aromatic carbocycles. The first kappa shape index (κ1) is 13.4. The summed E-state index contributed by atoms with van der Waals surface area (Å²) in [7, 11) is -2.19. The molecule has 1 heterocycles. The number of rotatable bonds is 5. The van der Waals surface area contributed by atoms with E-state index in [1.807, 2.05) is 0 Å². The van der Waals surface area contributed by atoms with E-state index in [1.54, 1.807) is 6.07 Å². The number of hydrogen-bond acceptors (Lipinski definition) is 5. The number of methoxy groups -OCH3 is 1. The van der Waals surface area contributed by atoms with Crippen molar-refractivity contribution in [1.29, 1.82) is 0 Å². The quantitative estimate of drug-likeness (QED) is 0.712. The fourth-order valence-electron chi connectivity index (χ4n) is 1.13. The van der Waals surface area contributed by atoms with Crippen LogP contribution in [-0.2, 0) is 10.0 Å². The molecule has 0 aliphatic rings. The van der Waals surface area contributed by atoms with E-state index in [0.29, 0.717) is 0 Å². The van der Waals surface area contributed by atoms with Crippen LogP contribution in [0, 0.1) is 0 Å². The van der Waals surface area contributed by atoms with Crippen molar-refractivity contribution in [1.82, 2.24) is 10.3 Å². The molecule has 0 spiro atoms. The molecule has 7 nitrogen and oxygen atoms in total. The zero-order valence-electron chi connectivity index (χ0n) is 9.21. The lowest BCUT2D eigenvalue weighted by atomic mass is 10.2. The highest BCUT2D eigenvalue weighted by Gasteiger charge is 2.12. The third-order valence-corrected chi connectivity index (χ3v) is 2.65. The van der Waals surface area contributed by atoms with Crippen molar-refractivity contribution in [3.8, 4) is 5.88 Å². The minimum atomic E-state index is -3.58. The Labute approximate surface area is 99.0 Å². The number of carbonyl (C=O) groups excluding carboxylic acids is 1. The maximum Gasteiger partial charge on any atom is 0.256 e. The molecule has 0 fully saturated rings. The van der Waals surface area contributed by atoms with Gasteiger partial charge in [-0.3, -0.25) is 4.79 Å². The molecule has 1 amide bonds. The Hall–Kier alpha value is -1.67. The summed E-state index contributed by atoms with van der Waals surface area (Å²) in [6.45, 7) is -0.0598. The van der Waals surface area contributed by atoms with Crippen LogP contribution in [0.5, 0.6) is 5.88 Å². The predicted octanol–water partition coefficient (Wildman–Crippen LogP) is -0.891. The molecule has 3 N–H and O–H groups in total. The van der Waals surface area contributed by atoms with Gasteiger partial charge in [0.05, 0.1) is 12.9 Å². The van der Waals surface area contributed by atoms with Crippen molar-refractivity contribution in [3.05, 3.63) is 23.9 Å². The third kappa shape index (κ3) is 4.37. The van der Waals surface area contributed by atoms with Crippen LogP contribution in [0.4, 0.5) is 0 Å². The number of nitrogens with zero attached hydrogens (tertiary/aromatic N) is 1. The number of hydrogen-bond donors (Lipinski definition) is 2. The Morgan fingerprint density at radius 3 is 2.88 bits per heavy atom. The lowest BCUT2D eigenvalue weighted by Crippen LogP contribution is -2.31. The number of ether oxygens (including phenoxy) is 1. The molecular weight excluding hydrogens is 246 g/mol. The van der Waals surface area contributed by atoms with Crippen LogP contribution in [0.15, 0.2) is 18.3 Å². The van der Waals surface area contributed by atoms with Crippen LogP contribution >= 0.6 is 0 Å². The van der Waals surface area contributed by atoms with E-state index in [0.717, 1.165) is 0 Å². The van der Waals surface area contributed by atoms with Crippen LogP contribution in [0.2, 0.25) is 0 Å². The number of carbonyl (C=O) groups is 1. The molecule has 0 aliphatic heterocycles. The van der Waals surface area contributed by atoms with Crippen LogP contribution < -0.4 is 15.2 Å². The Kier molecular flexibility index (Phi) is 4.41. The molecule has 0 saturated heterocycles. The summed E-state index contributed by atoms with van der Waals surface area (Å²) in [5.74, 6) is -0.597. The van der Waals surface area contributed by atoms with Gasteiger partial charge in [-0.25, -0.2) is 18.5 Å². The van der Waals surface area contributed by atoms with E-state index in [9.17, 15) is 13.2 Å². The summed E-state index contributed by atoms with van der Waals surface area (Å²) < 4.78 is 26.2. The number of nitrogens with one attached hydrogen (secondary N) is 1. The lowest BCUT2D eigenvalue weighted by Gasteiger charge is -2.07. The highest BCUT2D eigenvalue weighted by molar-refractivity contribution is 7.89. The predicted molar refractivity (Wildman–Crippen MR) is 61.1 cm³/mol. The van der Waals surface area contributed by atoms with Gasteiger partial charge < -0.3 is 10.1 Å². The second-order valence-corrected chi connectivity index (χ2v) is 4.92. The first-order valence-electron chi connectivity index (χ1n) is 4.71. The van der Waals surface area contributed by atoms with Crippen LogP contribution in [0.3, 0.4) is 0 Å². The smallest absolute Gasteiger partial charge is 0.256 e. The highest BCUT2D eigenvalue weighted by Crippen LogP contribution is 2.12. The van der Waals surface area contributed by atoms with Crippen molar-refractivity contribution < 1.29 is 17.9 Å². The maximum absolute atomic E-state index is 11.6. The van der Waals surface area contributed by atoms with Crippen molar-refractivity contribution >= 4 is 15.9 Å². The fourth-order valence-corrected chi connectivity index (χ4v) is 1.51. The maximum atomic E-state index is 11.6. The molecule has 0 unspecified atom stereocenters. The van der Waals surface area contributed by atoms with Crippen LogP contribution in [0.25, 0.3) is 0 Å². The molecule has 0 bridgehead atoms.